The molecule has 27 heavy (non-hydrogen) atoms. The molecule has 0 aromatic carbocycles. The Morgan fingerprint density at radius 2 is 1.44 bits per heavy atom. The van der Waals surface area contributed by atoms with Gasteiger partial charge in [-0.25, -0.2) is 0 Å². The van der Waals surface area contributed by atoms with E-state index in [0.717, 1.165) is 0 Å². The van der Waals surface area contributed by atoms with Crippen LogP contribution in [0.3, 0.4) is 0 Å². The molecule has 1 saturated heterocycles. The van der Waals surface area contributed by atoms with E-state index in [4.69, 9.17) is 28.4 Å². The van der Waals surface area contributed by atoms with Crippen molar-refractivity contribution in [1.82, 2.24) is 5.32 Å². The minimum atomic E-state index is -0.272. The summed E-state index contributed by atoms with van der Waals surface area (Å²) in [5, 5.41) is 2.84. The second kappa shape index (κ2) is 14.5. The number of amides is 1. The Morgan fingerprint density at radius 1 is 0.889 bits per heavy atom. The van der Waals surface area contributed by atoms with Crippen LogP contribution in [0.4, 0.5) is 0 Å². The lowest BCUT2D eigenvalue weighted by Crippen LogP contribution is -2.37. The predicted molar refractivity (Wildman–Crippen MR) is 97.6 cm³/mol. The second-order valence-electron chi connectivity index (χ2n) is 5.81. The summed E-state index contributed by atoms with van der Waals surface area (Å²) in [6, 6.07) is 0. The molecule has 0 spiro atoms. The van der Waals surface area contributed by atoms with Crippen LogP contribution < -0.4 is 5.32 Å². The van der Waals surface area contributed by atoms with Crippen LogP contribution in [0.15, 0.2) is 29.5 Å². The fraction of sp³-hybridized carbons (Fsp3) is 0.684. The molecule has 1 fully saturated rings. The van der Waals surface area contributed by atoms with E-state index in [1.54, 1.807) is 18.2 Å². The van der Waals surface area contributed by atoms with Crippen molar-refractivity contribution in [2.75, 3.05) is 79.2 Å². The molecule has 2 aliphatic rings. The van der Waals surface area contributed by atoms with Crippen LogP contribution in [0.2, 0.25) is 0 Å². The molecule has 0 bridgehead atoms. The number of hydrogen-bond acceptors (Lipinski definition) is 7. The minimum absolute atomic E-state index is 0.181. The van der Waals surface area contributed by atoms with Crippen molar-refractivity contribution < 1.29 is 33.2 Å². The Balaban J connectivity index is 1.70. The van der Waals surface area contributed by atoms with Crippen molar-refractivity contribution in [3.63, 3.8) is 0 Å². The lowest BCUT2D eigenvalue weighted by Gasteiger charge is -2.19. The van der Waals surface area contributed by atoms with E-state index in [1.165, 1.54) is 0 Å². The average molecular weight is 383 g/mol. The number of rotatable bonds is 3. The normalized spacial score (nSPS) is 24.0. The van der Waals surface area contributed by atoms with E-state index in [2.05, 4.69) is 11.0 Å². The van der Waals surface area contributed by atoms with E-state index in [0.29, 0.717) is 84.8 Å². The van der Waals surface area contributed by atoms with E-state index >= 15 is 0 Å². The maximum absolute atomic E-state index is 12.0. The van der Waals surface area contributed by atoms with Gasteiger partial charge in [0.25, 0.3) is 5.91 Å². The summed E-state index contributed by atoms with van der Waals surface area (Å²) in [6.07, 6.45) is 4.92. The molecule has 8 heteroatoms. The lowest BCUT2D eigenvalue weighted by molar-refractivity contribution is -0.118. The van der Waals surface area contributed by atoms with Gasteiger partial charge in [-0.05, 0) is 12.2 Å². The fourth-order valence-electron chi connectivity index (χ4n) is 2.31. The first-order valence-electron chi connectivity index (χ1n) is 9.28. The Bertz CT molecular complexity index is 496. The fourth-order valence-corrected chi connectivity index (χ4v) is 2.31. The Kier molecular flexibility index (Phi) is 11.7. The molecular formula is C19H29NO7. The summed E-state index contributed by atoms with van der Waals surface area (Å²) < 4.78 is 33.1. The van der Waals surface area contributed by atoms with Gasteiger partial charge in [0, 0.05) is 6.54 Å². The highest BCUT2D eigenvalue weighted by Gasteiger charge is 2.14. The zero-order chi connectivity index (χ0) is 19.0. The van der Waals surface area contributed by atoms with Crippen LogP contribution in [0.5, 0.6) is 0 Å². The summed E-state index contributed by atoms with van der Waals surface area (Å²) in [4.78, 5) is 12.0. The van der Waals surface area contributed by atoms with Crippen molar-refractivity contribution in [2.24, 2.45) is 0 Å². The van der Waals surface area contributed by atoms with E-state index in [9.17, 15) is 4.79 Å². The van der Waals surface area contributed by atoms with Crippen LogP contribution in [0, 0.1) is 0 Å². The SMILES string of the molecule is O=C(NCC1COCCOCCOCCOCCOCCO1)C1=C=CC=C1. The molecule has 1 N–H and O–H groups in total. The standard InChI is InChI=1S/C19H29NO7/c21-19(17-3-1-2-4-17)20-15-18-16-26-12-11-24-8-7-22-5-6-23-9-10-25-13-14-27-18/h1-3,18H,5-16H2,(H,20,21). The molecule has 0 radical (unpaired) electrons. The van der Waals surface area contributed by atoms with E-state index < -0.39 is 0 Å². The Morgan fingerprint density at radius 3 is 2.00 bits per heavy atom. The summed E-state index contributed by atoms with van der Waals surface area (Å²) in [5.74, 6) is -0.181. The van der Waals surface area contributed by atoms with Crippen molar-refractivity contribution in [1.29, 1.82) is 0 Å². The topological polar surface area (TPSA) is 84.5 Å². The average Bonchev–Trinajstić information content (AvgIpc) is 3.21. The van der Waals surface area contributed by atoms with Gasteiger partial charge in [-0.1, -0.05) is 6.08 Å². The van der Waals surface area contributed by atoms with Gasteiger partial charge in [-0.3, -0.25) is 4.79 Å². The smallest absolute Gasteiger partial charge is 0.259 e. The van der Waals surface area contributed by atoms with Crippen LogP contribution in [-0.4, -0.2) is 91.2 Å². The maximum atomic E-state index is 12.0. The van der Waals surface area contributed by atoms with Crippen molar-refractivity contribution >= 4 is 5.91 Å². The monoisotopic (exact) mass is 383 g/mol. The Labute approximate surface area is 160 Å². The third-order valence-corrected chi connectivity index (χ3v) is 3.71. The first-order chi connectivity index (χ1) is 13.4. The molecule has 1 amide bonds. The number of carbonyl (C=O) groups is 1. The highest BCUT2D eigenvalue weighted by molar-refractivity contribution is 5.96. The zero-order valence-corrected chi connectivity index (χ0v) is 15.7. The summed E-state index contributed by atoms with van der Waals surface area (Å²) in [6.45, 7) is 5.60. The van der Waals surface area contributed by atoms with Crippen LogP contribution >= 0.6 is 0 Å². The molecule has 0 aromatic rings. The summed E-state index contributed by atoms with van der Waals surface area (Å²) in [5.41, 5.74) is 3.38. The van der Waals surface area contributed by atoms with Gasteiger partial charge >= 0.3 is 0 Å². The molecule has 152 valence electrons. The van der Waals surface area contributed by atoms with Gasteiger partial charge in [0.1, 0.15) is 0 Å². The van der Waals surface area contributed by atoms with E-state index in [1.807, 2.05) is 0 Å². The highest BCUT2D eigenvalue weighted by Crippen LogP contribution is 2.02. The Hall–Kier alpha value is -1.51. The largest absolute Gasteiger partial charge is 0.377 e. The van der Waals surface area contributed by atoms with Gasteiger partial charge in [-0.2, -0.15) is 0 Å². The van der Waals surface area contributed by atoms with Gasteiger partial charge in [0.05, 0.1) is 84.4 Å². The molecule has 1 aliphatic carbocycles. The number of carbonyl (C=O) groups excluding carboxylic acids is 1. The molecule has 1 unspecified atom stereocenters. The molecule has 0 saturated carbocycles. The van der Waals surface area contributed by atoms with Crippen LogP contribution in [0.25, 0.3) is 0 Å². The lowest BCUT2D eigenvalue weighted by atomic mass is 10.2. The first-order valence-corrected chi connectivity index (χ1v) is 9.28. The summed E-state index contributed by atoms with van der Waals surface area (Å²) in [7, 11) is 0. The molecule has 1 atom stereocenters. The van der Waals surface area contributed by atoms with Crippen molar-refractivity contribution in [2.45, 2.75) is 6.10 Å². The molecule has 8 nitrogen and oxygen atoms in total. The first kappa shape index (κ1) is 21.8. The molecule has 2 rings (SSSR count). The highest BCUT2D eigenvalue weighted by atomic mass is 16.6. The third kappa shape index (κ3) is 10.4. The van der Waals surface area contributed by atoms with Crippen molar-refractivity contribution in [3.8, 4) is 0 Å². The number of ether oxygens (including phenoxy) is 6. The number of nitrogens with one attached hydrogen (secondary N) is 1. The van der Waals surface area contributed by atoms with Crippen LogP contribution in [0.1, 0.15) is 0 Å². The van der Waals surface area contributed by atoms with Gasteiger partial charge in [0.2, 0.25) is 0 Å². The minimum Gasteiger partial charge on any atom is -0.377 e. The van der Waals surface area contributed by atoms with Crippen LogP contribution in [-0.2, 0) is 33.2 Å². The van der Waals surface area contributed by atoms with Gasteiger partial charge < -0.3 is 33.7 Å². The van der Waals surface area contributed by atoms with Gasteiger partial charge in [0.15, 0.2) is 0 Å². The number of allylic oxidation sites excluding steroid dienone is 1. The second-order valence-corrected chi connectivity index (χ2v) is 5.81. The quantitative estimate of drug-likeness (QED) is 0.699. The van der Waals surface area contributed by atoms with Crippen molar-refractivity contribution in [3.05, 3.63) is 29.5 Å². The van der Waals surface area contributed by atoms with Gasteiger partial charge in [-0.15, -0.1) is 5.73 Å². The third-order valence-electron chi connectivity index (χ3n) is 3.71. The molecule has 0 aromatic heterocycles. The maximum Gasteiger partial charge on any atom is 0.259 e. The zero-order valence-electron chi connectivity index (χ0n) is 15.7. The molecule has 1 aliphatic heterocycles. The predicted octanol–water partition coefficient (Wildman–Crippen LogP) is 0.236. The molecular weight excluding hydrogens is 354 g/mol. The summed E-state index contributed by atoms with van der Waals surface area (Å²) >= 11 is 0. The molecule has 1 heterocycles. The van der Waals surface area contributed by atoms with E-state index in [-0.39, 0.29) is 12.0 Å². The number of hydrogen-bond donors (Lipinski definition) is 1.